The Morgan fingerprint density at radius 2 is 2.24 bits per heavy atom. The molecule has 0 aliphatic carbocycles. The minimum absolute atomic E-state index is 0.234. The molecule has 2 amide bonds. The molecular formula is C12H15N3O2. The number of rotatable bonds is 5. The third-order valence-electron chi connectivity index (χ3n) is 2.20. The number of aliphatic imine (C=N–C) groups is 1. The summed E-state index contributed by atoms with van der Waals surface area (Å²) >= 11 is 0. The molecule has 0 aromatic rings. The highest BCUT2D eigenvalue weighted by Crippen LogP contribution is 2.06. The van der Waals surface area contributed by atoms with Crippen LogP contribution in [-0.4, -0.2) is 24.1 Å². The molecule has 1 aliphatic heterocycles. The van der Waals surface area contributed by atoms with Crippen molar-refractivity contribution in [1.29, 1.82) is 0 Å². The SMILES string of the molecule is C=C/C=C(\C=NC=C)NC1CCC(=O)NC1=O. The van der Waals surface area contributed by atoms with Crippen LogP contribution in [0.25, 0.3) is 0 Å². The first-order chi connectivity index (χ1) is 8.17. The lowest BCUT2D eigenvalue weighted by Gasteiger charge is -2.22. The summed E-state index contributed by atoms with van der Waals surface area (Å²) in [6.45, 7) is 7.04. The maximum Gasteiger partial charge on any atom is 0.249 e. The van der Waals surface area contributed by atoms with Gasteiger partial charge in [-0.15, -0.1) is 0 Å². The van der Waals surface area contributed by atoms with E-state index in [4.69, 9.17) is 0 Å². The van der Waals surface area contributed by atoms with E-state index in [1.54, 1.807) is 18.4 Å². The molecule has 90 valence electrons. The van der Waals surface area contributed by atoms with Crippen molar-refractivity contribution in [3.05, 3.63) is 37.2 Å². The van der Waals surface area contributed by atoms with Crippen LogP contribution in [0.2, 0.25) is 0 Å². The van der Waals surface area contributed by atoms with E-state index in [1.807, 2.05) is 0 Å². The normalized spacial score (nSPS) is 21.2. The summed E-state index contributed by atoms with van der Waals surface area (Å²) in [5, 5.41) is 5.27. The van der Waals surface area contributed by atoms with Gasteiger partial charge in [0.15, 0.2) is 0 Å². The summed E-state index contributed by atoms with van der Waals surface area (Å²) in [4.78, 5) is 26.3. The molecule has 17 heavy (non-hydrogen) atoms. The zero-order valence-electron chi connectivity index (χ0n) is 9.48. The maximum atomic E-state index is 11.5. The number of allylic oxidation sites excluding steroid dienone is 3. The van der Waals surface area contributed by atoms with Crippen LogP contribution in [0, 0.1) is 0 Å². The summed E-state index contributed by atoms with van der Waals surface area (Å²) in [7, 11) is 0. The van der Waals surface area contributed by atoms with Gasteiger partial charge in [0.25, 0.3) is 0 Å². The van der Waals surface area contributed by atoms with Crippen LogP contribution >= 0.6 is 0 Å². The zero-order chi connectivity index (χ0) is 12.7. The Hall–Kier alpha value is -2.17. The molecule has 2 N–H and O–H groups in total. The number of carbonyl (C=O) groups excluding carboxylic acids is 2. The van der Waals surface area contributed by atoms with Gasteiger partial charge in [-0.25, -0.2) is 0 Å². The van der Waals surface area contributed by atoms with Crippen LogP contribution in [-0.2, 0) is 9.59 Å². The van der Waals surface area contributed by atoms with Gasteiger partial charge in [-0.2, -0.15) is 0 Å². The van der Waals surface area contributed by atoms with E-state index < -0.39 is 6.04 Å². The molecule has 1 aliphatic rings. The molecule has 1 atom stereocenters. The van der Waals surface area contributed by atoms with Gasteiger partial charge >= 0.3 is 0 Å². The van der Waals surface area contributed by atoms with Gasteiger partial charge in [0.1, 0.15) is 6.04 Å². The summed E-state index contributed by atoms with van der Waals surface area (Å²) in [5.41, 5.74) is 0.648. The number of nitrogens with zero attached hydrogens (tertiary/aromatic N) is 1. The van der Waals surface area contributed by atoms with Crippen molar-refractivity contribution in [2.45, 2.75) is 18.9 Å². The van der Waals surface area contributed by atoms with Crippen molar-refractivity contribution in [1.82, 2.24) is 10.6 Å². The van der Waals surface area contributed by atoms with E-state index in [1.165, 1.54) is 6.20 Å². The molecule has 0 aromatic heterocycles. The number of piperidine rings is 1. The second-order valence-corrected chi connectivity index (χ2v) is 3.47. The van der Waals surface area contributed by atoms with Gasteiger partial charge in [0.2, 0.25) is 11.8 Å². The van der Waals surface area contributed by atoms with E-state index >= 15 is 0 Å². The number of nitrogens with one attached hydrogen (secondary N) is 2. The van der Waals surface area contributed by atoms with Crippen molar-refractivity contribution < 1.29 is 9.59 Å². The molecule has 5 heteroatoms. The quantitative estimate of drug-likeness (QED) is 0.416. The van der Waals surface area contributed by atoms with Gasteiger partial charge in [0.05, 0.1) is 5.70 Å². The van der Waals surface area contributed by atoms with Gasteiger partial charge < -0.3 is 5.32 Å². The van der Waals surface area contributed by atoms with Crippen LogP contribution < -0.4 is 10.6 Å². The molecule has 1 unspecified atom stereocenters. The van der Waals surface area contributed by atoms with Crippen LogP contribution in [0.5, 0.6) is 0 Å². The summed E-state index contributed by atoms with van der Waals surface area (Å²) in [6.07, 6.45) is 7.02. The maximum absolute atomic E-state index is 11.5. The van der Waals surface area contributed by atoms with E-state index in [9.17, 15) is 9.59 Å². The molecule has 1 fully saturated rings. The average Bonchev–Trinajstić information content (AvgIpc) is 2.29. The molecule has 1 rings (SSSR count). The Morgan fingerprint density at radius 1 is 1.47 bits per heavy atom. The standard InChI is InChI=1S/C12H15N3O2/c1-3-5-9(8-13-4-2)14-10-6-7-11(16)15-12(10)17/h3-5,8,10,14H,1-2,6-7H2,(H,15,16,17)/b9-5+,13-8?. The molecule has 1 saturated heterocycles. The van der Waals surface area contributed by atoms with Gasteiger partial charge in [0, 0.05) is 18.8 Å². The smallest absolute Gasteiger partial charge is 0.249 e. The largest absolute Gasteiger partial charge is 0.372 e. The second kappa shape index (κ2) is 6.42. The summed E-state index contributed by atoms with van der Waals surface area (Å²) < 4.78 is 0. The average molecular weight is 233 g/mol. The Morgan fingerprint density at radius 3 is 2.82 bits per heavy atom. The van der Waals surface area contributed by atoms with Crippen LogP contribution in [0.4, 0.5) is 0 Å². The Labute approximate surface area is 100.0 Å². The molecule has 1 heterocycles. The predicted molar refractivity (Wildman–Crippen MR) is 66.3 cm³/mol. The van der Waals surface area contributed by atoms with Crippen molar-refractivity contribution in [2.24, 2.45) is 4.99 Å². The fourth-order valence-electron chi connectivity index (χ4n) is 1.42. The summed E-state index contributed by atoms with van der Waals surface area (Å²) in [6, 6.07) is -0.421. The third-order valence-corrected chi connectivity index (χ3v) is 2.20. The number of amides is 2. The van der Waals surface area contributed by atoms with Crippen molar-refractivity contribution in [3.8, 4) is 0 Å². The minimum Gasteiger partial charge on any atom is -0.372 e. The molecule has 0 radical (unpaired) electrons. The number of hydrogen-bond acceptors (Lipinski definition) is 4. The van der Waals surface area contributed by atoms with Gasteiger partial charge in [-0.05, 0) is 12.5 Å². The first-order valence-electron chi connectivity index (χ1n) is 5.24. The molecule has 0 aromatic carbocycles. The van der Waals surface area contributed by atoms with Crippen molar-refractivity contribution in [3.63, 3.8) is 0 Å². The van der Waals surface area contributed by atoms with Crippen LogP contribution in [0.15, 0.2) is 42.2 Å². The van der Waals surface area contributed by atoms with E-state index in [0.29, 0.717) is 18.5 Å². The lowest BCUT2D eigenvalue weighted by Crippen LogP contribution is -2.50. The van der Waals surface area contributed by atoms with Crippen molar-refractivity contribution in [2.75, 3.05) is 0 Å². The molecule has 0 bridgehead atoms. The fraction of sp³-hybridized carbons (Fsp3) is 0.250. The third kappa shape index (κ3) is 4.06. The lowest BCUT2D eigenvalue weighted by atomic mass is 10.1. The Balaban J connectivity index is 2.67. The van der Waals surface area contributed by atoms with E-state index in [2.05, 4.69) is 28.8 Å². The highest BCUT2D eigenvalue weighted by molar-refractivity contribution is 6.00. The summed E-state index contributed by atoms with van der Waals surface area (Å²) in [5.74, 6) is -0.551. The van der Waals surface area contributed by atoms with Crippen LogP contribution in [0.3, 0.4) is 0 Å². The first-order valence-corrected chi connectivity index (χ1v) is 5.24. The van der Waals surface area contributed by atoms with Gasteiger partial charge in [-0.1, -0.05) is 19.2 Å². The minimum atomic E-state index is -0.421. The topological polar surface area (TPSA) is 70.6 Å². The van der Waals surface area contributed by atoms with Crippen LogP contribution in [0.1, 0.15) is 12.8 Å². The van der Waals surface area contributed by atoms with Crippen molar-refractivity contribution >= 4 is 18.0 Å². The lowest BCUT2D eigenvalue weighted by molar-refractivity contribution is -0.134. The second-order valence-electron chi connectivity index (χ2n) is 3.47. The molecule has 0 spiro atoms. The first kappa shape index (κ1) is 12.9. The number of carbonyl (C=O) groups is 2. The fourth-order valence-corrected chi connectivity index (χ4v) is 1.42. The molecule has 0 saturated carbocycles. The predicted octanol–water partition coefficient (Wildman–Crippen LogP) is 0.665. The Kier molecular flexibility index (Phi) is 4.87. The van der Waals surface area contributed by atoms with E-state index in [-0.39, 0.29) is 11.8 Å². The molecular weight excluding hydrogens is 218 g/mol. The number of imide groups is 1. The zero-order valence-corrected chi connectivity index (χ0v) is 9.48. The van der Waals surface area contributed by atoms with Gasteiger partial charge in [-0.3, -0.25) is 19.9 Å². The van der Waals surface area contributed by atoms with E-state index in [0.717, 1.165) is 0 Å². The molecule has 5 nitrogen and oxygen atoms in total. The number of hydrogen-bond donors (Lipinski definition) is 2. The highest BCUT2D eigenvalue weighted by Gasteiger charge is 2.26. The highest BCUT2D eigenvalue weighted by atomic mass is 16.2. The Bertz CT molecular complexity index is 397. The monoisotopic (exact) mass is 233 g/mol.